The summed E-state index contributed by atoms with van der Waals surface area (Å²) in [5.74, 6) is -0.265. The Morgan fingerprint density at radius 2 is 1.50 bits per heavy atom. The van der Waals surface area contributed by atoms with Crippen molar-refractivity contribution in [3.8, 4) is 0 Å². The Labute approximate surface area is 164 Å². The summed E-state index contributed by atoms with van der Waals surface area (Å²) in [5.41, 5.74) is 9.07. The Kier molecular flexibility index (Phi) is 5.17. The molecule has 1 aliphatic rings. The number of benzene rings is 3. The molecule has 0 aromatic heterocycles. The highest BCUT2D eigenvalue weighted by molar-refractivity contribution is 5.99. The third-order valence-corrected chi connectivity index (χ3v) is 4.90. The molecule has 1 aliphatic heterocycles. The minimum absolute atomic E-state index is 0.0296. The average molecular weight is 371 g/mol. The van der Waals surface area contributed by atoms with Crippen molar-refractivity contribution in [2.24, 2.45) is 0 Å². The van der Waals surface area contributed by atoms with Crippen LogP contribution < -0.4 is 10.9 Å². The minimum atomic E-state index is -0.403. The predicted octanol–water partition coefficient (Wildman–Crippen LogP) is 3.32. The molecule has 3 aromatic rings. The Bertz CT molecular complexity index is 973. The molecule has 5 nitrogen and oxygen atoms in total. The summed E-state index contributed by atoms with van der Waals surface area (Å²) in [7, 11) is 0. The molecule has 28 heavy (non-hydrogen) atoms. The lowest BCUT2D eigenvalue weighted by Crippen LogP contribution is -2.46. The van der Waals surface area contributed by atoms with Gasteiger partial charge in [0.15, 0.2) is 0 Å². The van der Waals surface area contributed by atoms with Gasteiger partial charge in [0, 0.05) is 23.2 Å². The summed E-state index contributed by atoms with van der Waals surface area (Å²) in [6, 6.07) is 26.6. The number of carbonyl (C=O) groups is 2. The molecule has 0 saturated heterocycles. The Morgan fingerprint density at radius 1 is 0.857 bits per heavy atom. The molecule has 0 bridgehead atoms. The van der Waals surface area contributed by atoms with Crippen LogP contribution in [0.25, 0.3) is 0 Å². The highest BCUT2D eigenvalue weighted by Crippen LogP contribution is 2.31. The van der Waals surface area contributed by atoms with Gasteiger partial charge in [0.25, 0.3) is 11.8 Å². The molecule has 0 aliphatic carbocycles. The lowest BCUT2D eigenvalue weighted by molar-refractivity contribution is 0.0659. The van der Waals surface area contributed by atoms with E-state index in [2.05, 4.69) is 10.9 Å². The first-order valence-electron chi connectivity index (χ1n) is 9.29. The van der Waals surface area contributed by atoms with Gasteiger partial charge in [-0.3, -0.25) is 15.0 Å². The second-order valence-corrected chi connectivity index (χ2v) is 6.69. The van der Waals surface area contributed by atoms with E-state index < -0.39 is 6.17 Å². The molecule has 0 spiro atoms. The molecular weight excluding hydrogens is 350 g/mol. The summed E-state index contributed by atoms with van der Waals surface area (Å²) < 4.78 is 0. The summed E-state index contributed by atoms with van der Waals surface area (Å²) in [5, 5.41) is 0. The van der Waals surface area contributed by atoms with E-state index in [-0.39, 0.29) is 11.8 Å². The first kappa shape index (κ1) is 17.9. The third kappa shape index (κ3) is 3.66. The van der Waals surface area contributed by atoms with Crippen LogP contribution in [-0.4, -0.2) is 23.3 Å². The molecule has 0 unspecified atom stereocenters. The Balaban J connectivity index is 1.51. The maximum Gasteiger partial charge on any atom is 0.265 e. The number of rotatable bonds is 6. The van der Waals surface area contributed by atoms with Crippen LogP contribution in [0.3, 0.4) is 0 Å². The number of hydrogen-bond donors (Lipinski definition) is 2. The first-order chi connectivity index (χ1) is 13.7. The molecular formula is C23H21N3O2. The van der Waals surface area contributed by atoms with Crippen LogP contribution in [0.1, 0.15) is 38.0 Å². The summed E-state index contributed by atoms with van der Waals surface area (Å²) in [4.78, 5) is 27.1. The van der Waals surface area contributed by atoms with E-state index in [0.29, 0.717) is 17.7 Å². The van der Waals surface area contributed by atoms with Crippen LogP contribution in [0.5, 0.6) is 0 Å². The molecule has 2 N–H and O–H groups in total. The van der Waals surface area contributed by atoms with E-state index in [1.807, 2.05) is 72.8 Å². The third-order valence-electron chi connectivity index (χ3n) is 4.90. The highest BCUT2D eigenvalue weighted by atomic mass is 16.2. The van der Waals surface area contributed by atoms with Crippen LogP contribution in [0.15, 0.2) is 84.9 Å². The average Bonchev–Trinajstić information content (AvgIpc) is 3.03. The number of nitrogens with one attached hydrogen (secondary N) is 2. The molecule has 0 fully saturated rings. The standard InChI is InChI=1S/C23H21N3O2/c27-22(18-11-5-2-6-12-18)25-24-21-19-13-7-8-14-20(19)23(28)26(21)16-15-17-9-3-1-4-10-17/h1-14,21,24H,15-16H2,(H,25,27)/t21-/m1/s1. The second kappa shape index (κ2) is 8.06. The largest absolute Gasteiger partial charge is 0.317 e. The van der Waals surface area contributed by atoms with Crippen molar-refractivity contribution in [1.82, 2.24) is 15.8 Å². The second-order valence-electron chi connectivity index (χ2n) is 6.69. The topological polar surface area (TPSA) is 61.4 Å². The molecule has 1 atom stereocenters. The van der Waals surface area contributed by atoms with Crippen LogP contribution in [-0.2, 0) is 6.42 Å². The number of amides is 2. The lowest BCUT2D eigenvalue weighted by Gasteiger charge is -2.26. The van der Waals surface area contributed by atoms with E-state index in [4.69, 9.17) is 0 Å². The summed E-state index contributed by atoms with van der Waals surface area (Å²) >= 11 is 0. The highest BCUT2D eigenvalue weighted by Gasteiger charge is 2.36. The quantitative estimate of drug-likeness (QED) is 0.654. The fraction of sp³-hybridized carbons (Fsp3) is 0.130. The first-order valence-corrected chi connectivity index (χ1v) is 9.29. The fourth-order valence-electron chi connectivity index (χ4n) is 3.45. The molecule has 5 heteroatoms. The summed E-state index contributed by atoms with van der Waals surface area (Å²) in [6.45, 7) is 0.552. The van der Waals surface area contributed by atoms with Crippen LogP contribution in [0, 0.1) is 0 Å². The van der Waals surface area contributed by atoms with Gasteiger partial charge in [-0.15, -0.1) is 0 Å². The smallest absolute Gasteiger partial charge is 0.265 e. The lowest BCUT2D eigenvalue weighted by atomic mass is 10.1. The molecule has 140 valence electrons. The molecule has 4 rings (SSSR count). The van der Waals surface area contributed by atoms with E-state index in [9.17, 15) is 9.59 Å². The fourth-order valence-corrected chi connectivity index (χ4v) is 3.45. The van der Waals surface area contributed by atoms with Crippen LogP contribution in [0.2, 0.25) is 0 Å². The Morgan fingerprint density at radius 3 is 2.25 bits per heavy atom. The van der Waals surface area contributed by atoms with E-state index >= 15 is 0 Å². The zero-order valence-corrected chi connectivity index (χ0v) is 15.3. The SMILES string of the molecule is O=C(NN[C@H]1c2ccccc2C(=O)N1CCc1ccccc1)c1ccccc1. The monoisotopic (exact) mass is 371 g/mol. The van der Waals surface area contributed by atoms with Gasteiger partial charge in [0.05, 0.1) is 0 Å². The van der Waals surface area contributed by atoms with Crippen molar-refractivity contribution in [2.75, 3.05) is 6.54 Å². The number of hydrogen-bond acceptors (Lipinski definition) is 3. The maximum atomic E-state index is 12.9. The van der Waals surface area contributed by atoms with E-state index in [1.165, 1.54) is 5.56 Å². The summed E-state index contributed by atoms with van der Waals surface area (Å²) in [6.07, 6.45) is 0.339. The zero-order chi connectivity index (χ0) is 19.3. The van der Waals surface area contributed by atoms with Crippen LogP contribution in [0.4, 0.5) is 0 Å². The number of hydrazine groups is 1. The predicted molar refractivity (Wildman–Crippen MR) is 107 cm³/mol. The van der Waals surface area contributed by atoms with Gasteiger partial charge in [0.2, 0.25) is 0 Å². The number of nitrogens with zero attached hydrogens (tertiary/aromatic N) is 1. The molecule has 1 heterocycles. The van der Waals surface area contributed by atoms with Gasteiger partial charge in [-0.2, -0.15) is 0 Å². The van der Waals surface area contributed by atoms with Gasteiger partial charge in [0.1, 0.15) is 6.17 Å². The minimum Gasteiger partial charge on any atom is -0.317 e. The normalized spacial score (nSPS) is 15.4. The molecule has 3 aromatic carbocycles. The number of fused-ring (bicyclic) bond motifs is 1. The maximum absolute atomic E-state index is 12.9. The van der Waals surface area contributed by atoms with Gasteiger partial charge in [-0.05, 0) is 30.2 Å². The molecule has 0 saturated carbocycles. The van der Waals surface area contributed by atoms with Crippen LogP contribution >= 0.6 is 0 Å². The number of carbonyl (C=O) groups excluding carboxylic acids is 2. The van der Waals surface area contributed by atoms with E-state index in [1.54, 1.807) is 17.0 Å². The van der Waals surface area contributed by atoms with Crippen molar-refractivity contribution in [1.29, 1.82) is 0 Å². The van der Waals surface area contributed by atoms with Gasteiger partial charge in [-0.1, -0.05) is 66.7 Å². The van der Waals surface area contributed by atoms with Gasteiger partial charge < -0.3 is 4.90 Å². The van der Waals surface area contributed by atoms with Crippen molar-refractivity contribution < 1.29 is 9.59 Å². The van der Waals surface area contributed by atoms with Crippen molar-refractivity contribution >= 4 is 11.8 Å². The Hall–Kier alpha value is -3.44. The van der Waals surface area contributed by atoms with Gasteiger partial charge >= 0.3 is 0 Å². The van der Waals surface area contributed by atoms with Gasteiger partial charge in [-0.25, -0.2) is 5.43 Å². The van der Waals surface area contributed by atoms with Crippen molar-refractivity contribution in [2.45, 2.75) is 12.6 Å². The molecule has 2 amide bonds. The zero-order valence-electron chi connectivity index (χ0n) is 15.3. The van der Waals surface area contributed by atoms with Crippen molar-refractivity contribution in [3.05, 3.63) is 107 Å². The van der Waals surface area contributed by atoms with E-state index in [0.717, 1.165) is 12.0 Å². The van der Waals surface area contributed by atoms with Crippen molar-refractivity contribution in [3.63, 3.8) is 0 Å². The molecule has 0 radical (unpaired) electrons.